The summed E-state index contributed by atoms with van der Waals surface area (Å²) < 4.78 is 5.33. The number of hydrogen-bond acceptors (Lipinski definition) is 2. The first-order valence-electron chi connectivity index (χ1n) is 5.62. The normalized spacial score (nSPS) is 18.4. The van der Waals surface area contributed by atoms with Gasteiger partial charge in [0.05, 0.1) is 18.6 Å². The van der Waals surface area contributed by atoms with E-state index in [1.165, 1.54) is 0 Å². The van der Waals surface area contributed by atoms with E-state index in [4.69, 9.17) is 16.3 Å². The van der Waals surface area contributed by atoms with Crippen LogP contribution in [0.5, 0.6) is 0 Å². The van der Waals surface area contributed by atoms with Crippen molar-refractivity contribution in [3.8, 4) is 0 Å². The molecule has 17 heavy (non-hydrogen) atoms. The summed E-state index contributed by atoms with van der Waals surface area (Å²) in [6.07, 6.45) is 0.368. The van der Waals surface area contributed by atoms with Crippen molar-refractivity contribution in [3.63, 3.8) is 0 Å². The first-order valence-corrected chi connectivity index (χ1v) is 5.99. The van der Waals surface area contributed by atoms with Gasteiger partial charge < -0.3 is 9.64 Å². The molecule has 0 aliphatic carbocycles. The van der Waals surface area contributed by atoms with Crippen LogP contribution in [-0.2, 0) is 16.0 Å². The van der Waals surface area contributed by atoms with Crippen LogP contribution in [0.25, 0.3) is 0 Å². The molecule has 0 spiro atoms. The largest absolute Gasteiger partial charge is 0.359 e. The number of halogens is 1. The van der Waals surface area contributed by atoms with Crippen molar-refractivity contribution >= 4 is 17.5 Å². The number of ether oxygens (including phenoxy) is 1. The Morgan fingerprint density at radius 3 is 2.88 bits per heavy atom. The highest BCUT2D eigenvalue weighted by Crippen LogP contribution is 2.22. The molecule has 0 unspecified atom stereocenters. The fourth-order valence-corrected chi connectivity index (χ4v) is 2.18. The van der Waals surface area contributed by atoms with Gasteiger partial charge in [0.1, 0.15) is 6.73 Å². The SMILES string of the molecule is CC1(C)COCN1C(=O)Cc1cccc(Cl)c1. The lowest BCUT2D eigenvalue weighted by Gasteiger charge is -2.29. The van der Waals surface area contributed by atoms with Gasteiger partial charge >= 0.3 is 0 Å². The van der Waals surface area contributed by atoms with Crippen molar-refractivity contribution in [1.82, 2.24) is 4.90 Å². The van der Waals surface area contributed by atoms with Crippen molar-refractivity contribution < 1.29 is 9.53 Å². The maximum Gasteiger partial charge on any atom is 0.229 e. The van der Waals surface area contributed by atoms with E-state index in [-0.39, 0.29) is 11.4 Å². The average Bonchev–Trinajstić information content (AvgIpc) is 2.58. The zero-order valence-corrected chi connectivity index (χ0v) is 10.8. The van der Waals surface area contributed by atoms with Crippen LogP contribution in [0.3, 0.4) is 0 Å². The van der Waals surface area contributed by atoms with Gasteiger partial charge in [-0.05, 0) is 31.5 Å². The summed E-state index contributed by atoms with van der Waals surface area (Å²) in [7, 11) is 0. The number of hydrogen-bond donors (Lipinski definition) is 0. The smallest absolute Gasteiger partial charge is 0.229 e. The highest BCUT2D eigenvalue weighted by molar-refractivity contribution is 6.30. The molecule has 0 saturated carbocycles. The standard InChI is InChI=1S/C13H16ClNO2/c1-13(2)8-17-9-15(13)12(16)7-10-4-3-5-11(14)6-10/h3-6H,7-9H2,1-2H3. The number of carbonyl (C=O) groups excluding carboxylic acids is 1. The van der Waals surface area contributed by atoms with Crippen molar-refractivity contribution in [2.45, 2.75) is 25.8 Å². The van der Waals surface area contributed by atoms with Crippen molar-refractivity contribution in [2.75, 3.05) is 13.3 Å². The Balaban J connectivity index is 2.07. The molecule has 0 N–H and O–H groups in total. The quantitative estimate of drug-likeness (QED) is 0.810. The molecule has 3 nitrogen and oxygen atoms in total. The number of rotatable bonds is 2. The summed E-state index contributed by atoms with van der Waals surface area (Å²) in [6.45, 7) is 4.99. The molecule has 1 amide bonds. The predicted octanol–water partition coefficient (Wildman–Crippen LogP) is 2.48. The molecule has 1 aliphatic rings. The minimum absolute atomic E-state index is 0.0785. The summed E-state index contributed by atoms with van der Waals surface area (Å²) in [5.41, 5.74) is 0.723. The summed E-state index contributed by atoms with van der Waals surface area (Å²) >= 11 is 5.89. The fourth-order valence-electron chi connectivity index (χ4n) is 1.97. The first-order chi connectivity index (χ1) is 7.99. The van der Waals surface area contributed by atoms with E-state index >= 15 is 0 Å². The van der Waals surface area contributed by atoms with E-state index in [2.05, 4.69) is 0 Å². The summed E-state index contributed by atoms with van der Waals surface area (Å²) in [5, 5.41) is 0.659. The summed E-state index contributed by atoms with van der Waals surface area (Å²) in [4.78, 5) is 13.9. The zero-order chi connectivity index (χ0) is 12.5. The molecule has 1 saturated heterocycles. The Kier molecular flexibility index (Phi) is 3.40. The van der Waals surface area contributed by atoms with E-state index in [1.807, 2.05) is 32.0 Å². The van der Waals surface area contributed by atoms with Crippen LogP contribution in [0.4, 0.5) is 0 Å². The first kappa shape index (κ1) is 12.4. The molecule has 0 aromatic heterocycles. The molecule has 0 bridgehead atoms. The van der Waals surface area contributed by atoms with Crippen LogP contribution in [0.15, 0.2) is 24.3 Å². The molecule has 1 aromatic rings. The third-order valence-electron chi connectivity index (χ3n) is 2.95. The van der Waals surface area contributed by atoms with Crippen LogP contribution in [0, 0.1) is 0 Å². The monoisotopic (exact) mass is 253 g/mol. The molecule has 2 rings (SSSR count). The van der Waals surface area contributed by atoms with E-state index in [0.29, 0.717) is 24.8 Å². The molecule has 1 aromatic carbocycles. The summed E-state index contributed by atoms with van der Waals surface area (Å²) in [5.74, 6) is 0.0785. The fraction of sp³-hybridized carbons (Fsp3) is 0.462. The molecule has 1 heterocycles. The van der Waals surface area contributed by atoms with Crippen LogP contribution in [-0.4, -0.2) is 29.7 Å². The van der Waals surface area contributed by atoms with Gasteiger partial charge in [-0.3, -0.25) is 4.79 Å². The molecular formula is C13H16ClNO2. The summed E-state index contributed by atoms with van der Waals surface area (Å²) in [6, 6.07) is 7.39. The van der Waals surface area contributed by atoms with Crippen LogP contribution in [0.2, 0.25) is 5.02 Å². The number of carbonyl (C=O) groups is 1. The van der Waals surface area contributed by atoms with Gasteiger partial charge in [0.15, 0.2) is 0 Å². The Labute approximate surface area is 106 Å². The Hall–Kier alpha value is -1.06. The lowest BCUT2D eigenvalue weighted by molar-refractivity contribution is -0.134. The third kappa shape index (κ3) is 2.79. The minimum atomic E-state index is -0.213. The number of benzene rings is 1. The topological polar surface area (TPSA) is 29.5 Å². The highest BCUT2D eigenvalue weighted by atomic mass is 35.5. The Morgan fingerprint density at radius 2 is 2.29 bits per heavy atom. The molecule has 1 aliphatic heterocycles. The second kappa shape index (κ2) is 4.67. The van der Waals surface area contributed by atoms with Crippen molar-refractivity contribution in [3.05, 3.63) is 34.9 Å². The molecule has 0 radical (unpaired) electrons. The highest BCUT2D eigenvalue weighted by Gasteiger charge is 2.36. The molecule has 1 fully saturated rings. The van der Waals surface area contributed by atoms with E-state index in [0.717, 1.165) is 5.56 Å². The van der Waals surface area contributed by atoms with Gasteiger partial charge in [0.25, 0.3) is 0 Å². The predicted molar refractivity (Wildman–Crippen MR) is 66.9 cm³/mol. The molecule has 0 atom stereocenters. The minimum Gasteiger partial charge on any atom is -0.359 e. The van der Waals surface area contributed by atoms with E-state index in [9.17, 15) is 4.79 Å². The van der Waals surface area contributed by atoms with E-state index in [1.54, 1.807) is 11.0 Å². The Morgan fingerprint density at radius 1 is 1.53 bits per heavy atom. The lowest BCUT2D eigenvalue weighted by Crippen LogP contribution is -2.44. The Bertz CT molecular complexity index is 431. The zero-order valence-electron chi connectivity index (χ0n) is 10.1. The maximum atomic E-state index is 12.1. The molecule has 92 valence electrons. The molecular weight excluding hydrogens is 238 g/mol. The van der Waals surface area contributed by atoms with Crippen LogP contribution in [0.1, 0.15) is 19.4 Å². The second-order valence-corrected chi connectivity index (χ2v) is 5.35. The lowest BCUT2D eigenvalue weighted by atomic mass is 10.0. The third-order valence-corrected chi connectivity index (χ3v) is 3.19. The van der Waals surface area contributed by atoms with Gasteiger partial charge in [-0.2, -0.15) is 0 Å². The van der Waals surface area contributed by atoms with Gasteiger partial charge in [-0.15, -0.1) is 0 Å². The van der Waals surface area contributed by atoms with Crippen LogP contribution < -0.4 is 0 Å². The molecule has 4 heteroatoms. The van der Waals surface area contributed by atoms with Gasteiger partial charge in [-0.1, -0.05) is 23.7 Å². The second-order valence-electron chi connectivity index (χ2n) is 4.92. The number of amides is 1. The number of nitrogens with zero attached hydrogens (tertiary/aromatic N) is 1. The van der Waals surface area contributed by atoms with Gasteiger partial charge in [-0.25, -0.2) is 0 Å². The maximum absolute atomic E-state index is 12.1. The van der Waals surface area contributed by atoms with Crippen molar-refractivity contribution in [1.29, 1.82) is 0 Å². The van der Waals surface area contributed by atoms with E-state index < -0.39 is 0 Å². The van der Waals surface area contributed by atoms with Crippen molar-refractivity contribution in [2.24, 2.45) is 0 Å². The van der Waals surface area contributed by atoms with Gasteiger partial charge in [0.2, 0.25) is 5.91 Å². The van der Waals surface area contributed by atoms with Crippen LogP contribution >= 0.6 is 11.6 Å². The van der Waals surface area contributed by atoms with Gasteiger partial charge in [0, 0.05) is 5.02 Å². The average molecular weight is 254 g/mol.